The van der Waals surface area contributed by atoms with Gasteiger partial charge in [0.2, 0.25) is 0 Å². The number of hydrogen-bond acceptors (Lipinski definition) is 15. The molecule has 0 fully saturated rings. The number of ether oxygens (including phenoxy) is 2. The maximum Gasteiger partial charge on any atom is 0.391 e. The summed E-state index contributed by atoms with van der Waals surface area (Å²) in [6.45, 7) is -0.251. The third kappa shape index (κ3) is 10.1. The van der Waals surface area contributed by atoms with Crippen molar-refractivity contribution < 1.29 is 61.9 Å². The maximum atomic E-state index is 13.2. The number of amides is 2. The predicted octanol–water partition coefficient (Wildman–Crippen LogP) is 3.11. The monoisotopic (exact) mass is 799 g/mol. The van der Waals surface area contributed by atoms with Crippen LogP contribution in [0.3, 0.4) is 0 Å². The van der Waals surface area contributed by atoms with Crippen molar-refractivity contribution >= 4 is 50.9 Å². The minimum atomic E-state index is -4.56. The second-order valence-electron chi connectivity index (χ2n) is 11.0. The fourth-order valence-corrected chi connectivity index (χ4v) is 8.45. The minimum Gasteiger partial charge on any atom is -0.504 e. The number of thiophene rings is 1. The first-order chi connectivity index (χ1) is 25.6. The van der Waals surface area contributed by atoms with Crippen LogP contribution >= 0.6 is 18.9 Å². The average Bonchev–Trinajstić information content (AvgIpc) is 3.57. The van der Waals surface area contributed by atoms with E-state index in [1.165, 1.54) is 42.5 Å². The lowest BCUT2D eigenvalue weighted by molar-refractivity contribution is 0.0936. The van der Waals surface area contributed by atoms with Crippen LogP contribution in [0, 0.1) is 11.3 Å². The third-order valence-corrected chi connectivity index (χ3v) is 11.4. The third-order valence-electron chi connectivity index (χ3n) is 7.14. The van der Waals surface area contributed by atoms with Gasteiger partial charge in [0.05, 0.1) is 19.3 Å². The number of phenolic OH excluding ortho intramolecular Hbond substituents is 4. The van der Waals surface area contributed by atoms with Crippen LogP contribution < -0.4 is 29.4 Å². The maximum absolute atomic E-state index is 13.2. The molecule has 1 atom stereocenters. The molecule has 18 nitrogen and oxygen atoms in total. The molecule has 0 spiro atoms. The van der Waals surface area contributed by atoms with Crippen molar-refractivity contribution in [2.24, 2.45) is 0 Å². The summed E-state index contributed by atoms with van der Waals surface area (Å²) in [5.74, 6) is -2.75. The van der Waals surface area contributed by atoms with E-state index < -0.39 is 58.7 Å². The topological polar surface area (TPSA) is 287 Å². The molecule has 2 aromatic heterocycles. The normalized spacial score (nSPS) is 12.3. The number of sulfonamides is 1. The molecule has 5 aromatic rings. The van der Waals surface area contributed by atoms with Gasteiger partial charge in [0.1, 0.15) is 41.2 Å². The van der Waals surface area contributed by atoms with Crippen LogP contribution in [0.4, 0.5) is 0 Å². The number of carbonyl (C=O) groups excluding carboxylic acids is 2. The van der Waals surface area contributed by atoms with Crippen molar-refractivity contribution in [1.29, 1.82) is 5.26 Å². The molecule has 0 aliphatic heterocycles. The molecule has 2 heterocycles. The molecule has 282 valence electrons. The van der Waals surface area contributed by atoms with E-state index in [1.54, 1.807) is 6.07 Å². The molecule has 0 aliphatic rings. The van der Waals surface area contributed by atoms with Gasteiger partial charge in [-0.2, -0.15) is 9.98 Å². The molecule has 0 saturated heterocycles. The Morgan fingerprint density at radius 3 is 1.91 bits per heavy atom. The van der Waals surface area contributed by atoms with E-state index in [0.717, 1.165) is 41.8 Å². The predicted molar refractivity (Wildman–Crippen MR) is 192 cm³/mol. The van der Waals surface area contributed by atoms with Crippen LogP contribution in [0.2, 0.25) is 0 Å². The van der Waals surface area contributed by atoms with Crippen molar-refractivity contribution in [3.63, 3.8) is 0 Å². The van der Waals surface area contributed by atoms with Crippen LogP contribution in [0.5, 0.6) is 40.2 Å². The molecule has 8 N–H and O–H groups in total. The zero-order chi connectivity index (χ0) is 39.0. The van der Waals surface area contributed by atoms with Gasteiger partial charge >= 0.3 is 7.60 Å². The zero-order valence-electron chi connectivity index (χ0n) is 27.6. The molecular weight excluding hydrogens is 769 g/mol. The number of hydrogen-bond donors (Lipinski definition) is 8. The first-order valence-electron chi connectivity index (χ1n) is 15.4. The van der Waals surface area contributed by atoms with Crippen molar-refractivity contribution in [2.75, 3.05) is 32.6 Å². The van der Waals surface area contributed by atoms with Crippen molar-refractivity contribution in [3.05, 3.63) is 89.7 Å². The van der Waals surface area contributed by atoms with E-state index in [2.05, 4.69) is 20.3 Å². The van der Waals surface area contributed by atoms with E-state index in [4.69, 9.17) is 19.3 Å². The summed E-state index contributed by atoms with van der Waals surface area (Å²) in [6.07, 6.45) is 0.0587. The van der Waals surface area contributed by atoms with Crippen LogP contribution in [-0.4, -0.2) is 83.1 Å². The number of nitrogens with one attached hydrogen (secondary N) is 3. The summed E-state index contributed by atoms with van der Waals surface area (Å²) in [4.78, 5) is 39.0. The molecule has 21 heteroatoms. The summed E-state index contributed by atoms with van der Waals surface area (Å²) in [7, 11) is -8.91. The van der Waals surface area contributed by atoms with Gasteiger partial charge in [-0.1, -0.05) is 0 Å². The number of nitriles is 1. The molecule has 0 saturated carbocycles. The van der Waals surface area contributed by atoms with Gasteiger partial charge in [-0.05, 0) is 66.0 Å². The van der Waals surface area contributed by atoms with Crippen molar-refractivity contribution in [2.45, 2.75) is 4.21 Å². The Balaban J connectivity index is 1.28. The number of aromatic nitrogens is 1. The molecule has 0 bridgehead atoms. The number of pyridine rings is 1. The fourth-order valence-electron chi connectivity index (χ4n) is 4.50. The lowest BCUT2D eigenvalue weighted by Crippen LogP contribution is -2.28. The Morgan fingerprint density at radius 2 is 1.39 bits per heavy atom. The molecular formula is C33H30N5O13PS2. The van der Waals surface area contributed by atoms with E-state index in [1.807, 2.05) is 0 Å². The smallest absolute Gasteiger partial charge is 0.391 e. The minimum absolute atomic E-state index is 0.0245. The lowest BCUT2D eigenvalue weighted by Gasteiger charge is -2.14. The van der Waals surface area contributed by atoms with Gasteiger partial charge in [0, 0.05) is 21.9 Å². The molecule has 1 unspecified atom stereocenters. The van der Waals surface area contributed by atoms with Crippen LogP contribution in [-0.2, 0) is 14.6 Å². The molecule has 2 amide bonds. The Bertz CT molecular complexity index is 2290. The Hall–Kier alpha value is -6.10. The van der Waals surface area contributed by atoms with Crippen molar-refractivity contribution in [1.82, 2.24) is 20.3 Å². The van der Waals surface area contributed by atoms with E-state index >= 15 is 0 Å². The standard InChI is InChI=1S/C33H30N5O13PS2/c34-16-22-3-4-23(17-37-22)51-52(45,46)18-38-54(47,48)31-14-21-13-28(49-9-7-35-32(43)19-1-5-24(39)26(41)11-19)29(15-30(21)53-31)50-10-8-36-33(44)20-2-6-25(40)27(42)12-20/h1-6,11-15,17,38-42H,7-10,18H2,(H,35,43)(H,36,44)(H,45,46). The van der Waals surface area contributed by atoms with Gasteiger partial charge in [-0.15, -0.1) is 11.3 Å². The van der Waals surface area contributed by atoms with Gasteiger partial charge in [-0.3, -0.25) is 9.59 Å². The molecule has 0 aliphatic carbocycles. The Labute approximate surface area is 310 Å². The second kappa shape index (κ2) is 16.7. The number of benzene rings is 3. The van der Waals surface area contributed by atoms with Gasteiger partial charge in [0.15, 0.2) is 34.5 Å². The van der Waals surface area contributed by atoms with E-state index in [0.29, 0.717) is 10.1 Å². The first-order valence-corrected chi connectivity index (χ1v) is 19.5. The number of rotatable bonds is 16. The van der Waals surface area contributed by atoms with Crippen LogP contribution in [0.15, 0.2) is 77.1 Å². The quantitative estimate of drug-likeness (QED) is 0.0404. The second-order valence-corrected chi connectivity index (χ2v) is 15.9. The van der Waals surface area contributed by atoms with Crippen LogP contribution in [0.25, 0.3) is 10.1 Å². The van der Waals surface area contributed by atoms with Crippen LogP contribution in [0.1, 0.15) is 26.4 Å². The fraction of sp³-hybridized carbons (Fsp3) is 0.152. The number of phenols is 4. The van der Waals surface area contributed by atoms with Gasteiger partial charge < -0.3 is 50.0 Å². The summed E-state index contributed by atoms with van der Waals surface area (Å²) in [5.41, 5.74) is 0.203. The Kier molecular flexibility index (Phi) is 12.1. The highest BCUT2D eigenvalue weighted by Crippen LogP contribution is 2.42. The molecule has 54 heavy (non-hydrogen) atoms. The number of carbonyl (C=O) groups is 2. The molecule has 0 radical (unpaired) electrons. The highest BCUT2D eigenvalue weighted by molar-refractivity contribution is 7.92. The summed E-state index contributed by atoms with van der Waals surface area (Å²) in [6, 6.07) is 15.7. The highest BCUT2D eigenvalue weighted by atomic mass is 32.2. The summed E-state index contributed by atoms with van der Waals surface area (Å²) >= 11 is 0.814. The SMILES string of the molecule is N#Cc1ccc(OP(=O)(O)CNS(=O)(=O)c2cc3cc(OCCNC(=O)c4ccc(O)c(O)c4)c(OCCNC(=O)c4ccc(O)c(O)c4)cc3s2)cn1. The summed E-state index contributed by atoms with van der Waals surface area (Å²) in [5, 5.41) is 52.8. The molecule has 3 aromatic carbocycles. The largest absolute Gasteiger partial charge is 0.504 e. The van der Waals surface area contributed by atoms with Crippen molar-refractivity contribution in [3.8, 4) is 46.3 Å². The number of aromatic hydroxyl groups is 4. The molecule has 5 rings (SSSR count). The number of nitrogens with zero attached hydrogens (tertiary/aromatic N) is 2. The van der Waals surface area contributed by atoms with E-state index in [-0.39, 0.29) is 64.6 Å². The average molecular weight is 800 g/mol. The zero-order valence-corrected chi connectivity index (χ0v) is 30.2. The highest BCUT2D eigenvalue weighted by Gasteiger charge is 2.27. The van der Waals surface area contributed by atoms with Gasteiger partial charge in [0.25, 0.3) is 21.8 Å². The lowest BCUT2D eigenvalue weighted by atomic mass is 10.2. The Morgan fingerprint density at radius 1 is 0.815 bits per heavy atom. The summed E-state index contributed by atoms with van der Waals surface area (Å²) < 4.78 is 58.0. The van der Waals surface area contributed by atoms with Gasteiger partial charge in [-0.25, -0.2) is 18.0 Å². The number of fused-ring (bicyclic) bond motifs is 1. The van der Waals surface area contributed by atoms with E-state index in [9.17, 15) is 47.9 Å². The first kappa shape index (κ1) is 39.1.